The van der Waals surface area contributed by atoms with E-state index in [0.717, 1.165) is 27.6 Å². The van der Waals surface area contributed by atoms with E-state index in [0.29, 0.717) is 24.7 Å². The first-order chi connectivity index (χ1) is 14.7. The van der Waals surface area contributed by atoms with Crippen molar-refractivity contribution in [3.8, 4) is 0 Å². The molecule has 0 radical (unpaired) electrons. The molecule has 0 saturated carbocycles. The third-order valence-corrected chi connectivity index (χ3v) is 5.78. The number of aromatic nitrogens is 4. The molecule has 5 nitrogen and oxygen atoms in total. The van der Waals surface area contributed by atoms with Crippen molar-refractivity contribution < 1.29 is 5.11 Å². The summed E-state index contributed by atoms with van der Waals surface area (Å²) in [5, 5.41) is 12.5. The number of hydrogen-bond acceptors (Lipinski definition) is 3. The molecule has 0 unspecified atom stereocenters. The number of para-hydroxylation sites is 4. The second kappa shape index (κ2) is 7.11. The zero-order valence-electron chi connectivity index (χ0n) is 17.2. The zero-order valence-corrected chi connectivity index (χ0v) is 17.2. The lowest BCUT2D eigenvalue weighted by molar-refractivity contribution is 0.0984. The van der Waals surface area contributed by atoms with E-state index in [4.69, 9.17) is 9.97 Å². The van der Waals surface area contributed by atoms with Crippen LogP contribution in [0.15, 0.2) is 78.9 Å². The van der Waals surface area contributed by atoms with Crippen molar-refractivity contribution in [2.75, 3.05) is 0 Å². The molecule has 5 heteroatoms. The molecule has 0 aliphatic rings. The Morgan fingerprint density at radius 3 is 1.57 bits per heavy atom. The first kappa shape index (κ1) is 18.6. The molecule has 5 aromatic rings. The monoisotopic (exact) mass is 396 g/mol. The van der Waals surface area contributed by atoms with Crippen LogP contribution < -0.4 is 0 Å². The average molecular weight is 396 g/mol. The Labute approximate surface area is 175 Å². The maximum Gasteiger partial charge on any atom is 0.206 e. The predicted molar refractivity (Wildman–Crippen MR) is 119 cm³/mol. The third kappa shape index (κ3) is 2.59. The number of aliphatic hydroxyl groups is 1. The number of benzene rings is 3. The molecule has 0 atom stereocenters. The maximum absolute atomic E-state index is 12.5. The quantitative estimate of drug-likeness (QED) is 0.468. The van der Waals surface area contributed by atoms with Crippen LogP contribution in [-0.4, -0.2) is 24.2 Å². The summed E-state index contributed by atoms with van der Waals surface area (Å²) in [6.07, 6.45) is 0. The summed E-state index contributed by atoms with van der Waals surface area (Å²) in [6, 6.07) is 25.7. The van der Waals surface area contributed by atoms with Crippen LogP contribution in [0.5, 0.6) is 0 Å². The highest BCUT2D eigenvalue weighted by Gasteiger charge is 2.43. The predicted octanol–water partition coefficient (Wildman–Crippen LogP) is 4.71. The fourth-order valence-corrected chi connectivity index (χ4v) is 4.38. The highest BCUT2D eigenvalue weighted by Crippen LogP contribution is 2.38. The van der Waals surface area contributed by atoms with Gasteiger partial charge in [0, 0.05) is 13.1 Å². The molecular weight excluding hydrogens is 372 g/mol. The lowest BCUT2D eigenvalue weighted by atomic mass is 9.91. The number of hydrogen-bond donors (Lipinski definition) is 1. The van der Waals surface area contributed by atoms with Crippen molar-refractivity contribution >= 4 is 22.1 Å². The van der Waals surface area contributed by atoms with Gasteiger partial charge < -0.3 is 14.2 Å². The molecule has 5 rings (SSSR count). The van der Waals surface area contributed by atoms with Gasteiger partial charge in [0.2, 0.25) is 5.60 Å². The van der Waals surface area contributed by atoms with Gasteiger partial charge in [0.15, 0.2) is 11.6 Å². The molecule has 150 valence electrons. The Morgan fingerprint density at radius 1 is 0.667 bits per heavy atom. The van der Waals surface area contributed by atoms with Crippen LogP contribution in [-0.2, 0) is 18.7 Å². The van der Waals surface area contributed by atoms with Crippen LogP contribution in [0.2, 0.25) is 0 Å². The number of aryl methyl sites for hydroxylation is 2. The van der Waals surface area contributed by atoms with Crippen molar-refractivity contribution in [1.29, 1.82) is 0 Å². The highest BCUT2D eigenvalue weighted by atomic mass is 16.3. The molecular formula is C25H24N4O. The largest absolute Gasteiger partial charge is 0.371 e. The lowest BCUT2D eigenvalue weighted by Crippen LogP contribution is -2.35. The van der Waals surface area contributed by atoms with E-state index in [9.17, 15) is 5.11 Å². The lowest BCUT2D eigenvalue weighted by Gasteiger charge is -2.29. The van der Waals surface area contributed by atoms with Crippen LogP contribution >= 0.6 is 0 Å². The van der Waals surface area contributed by atoms with Crippen LogP contribution in [0.3, 0.4) is 0 Å². The van der Waals surface area contributed by atoms with Crippen LogP contribution in [0.4, 0.5) is 0 Å². The van der Waals surface area contributed by atoms with Crippen molar-refractivity contribution in [3.05, 3.63) is 96.1 Å². The van der Waals surface area contributed by atoms with E-state index in [2.05, 4.69) is 23.0 Å². The topological polar surface area (TPSA) is 55.9 Å². The van der Waals surface area contributed by atoms with Gasteiger partial charge >= 0.3 is 0 Å². The van der Waals surface area contributed by atoms with Gasteiger partial charge in [0.1, 0.15) is 0 Å². The van der Waals surface area contributed by atoms with Crippen LogP contribution in [0, 0.1) is 0 Å². The van der Waals surface area contributed by atoms with E-state index in [1.54, 1.807) is 0 Å². The maximum atomic E-state index is 12.5. The molecule has 0 spiro atoms. The van der Waals surface area contributed by atoms with Gasteiger partial charge in [0.25, 0.3) is 0 Å². The minimum absolute atomic E-state index is 0.586. The van der Waals surface area contributed by atoms with Gasteiger partial charge in [-0.3, -0.25) is 0 Å². The summed E-state index contributed by atoms with van der Waals surface area (Å²) in [5.41, 5.74) is 2.99. The van der Waals surface area contributed by atoms with E-state index in [1.807, 2.05) is 78.9 Å². The molecule has 0 saturated heterocycles. The molecule has 2 heterocycles. The molecule has 1 N–H and O–H groups in total. The summed E-state index contributed by atoms with van der Waals surface area (Å²) in [5.74, 6) is 1.17. The Morgan fingerprint density at radius 2 is 1.10 bits per heavy atom. The Kier molecular flexibility index (Phi) is 4.40. The van der Waals surface area contributed by atoms with Crippen LogP contribution in [0.25, 0.3) is 22.1 Å². The molecule has 0 bridgehead atoms. The molecule has 3 aromatic carbocycles. The summed E-state index contributed by atoms with van der Waals surface area (Å²) >= 11 is 0. The van der Waals surface area contributed by atoms with Crippen molar-refractivity contribution in [1.82, 2.24) is 19.1 Å². The fraction of sp³-hybridized carbons (Fsp3) is 0.200. The molecule has 0 amide bonds. The third-order valence-electron chi connectivity index (χ3n) is 5.78. The SMILES string of the molecule is CCn1c(C(O)(c2ccccc2)c2nc3ccccc3n2CC)nc2ccccc21. The van der Waals surface area contributed by atoms with Gasteiger partial charge in [-0.2, -0.15) is 0 Å². The smallest absolute Gasteiger partial charge is 0.206 e. The van der Waals surface area contributed by atoms with Crippen molar-refractivity contribution in [3.63, 3.8) is 0 Å². The van der Waals surface area contributed by atoms with E-state index in [1.165, 1.54) is 0 Å². The average Bonchev–Trinajstić information content (AvgIpc) is 3.37. The molecule has 0 aliphatic carbocycles. The second-order valence-corrected chi connectivity index (χ2v) is 7.41. The first-order valence-electron chi connectivity index (χ1n) is 10.4. The minimum atomic E-state index is -1.49. The van der Waals surface area contributed by atoms with E-state index < -0.39 is 5.60 Å². The van der Waals surface area contributed by atoms with Gasteiger partial charge in [-0.1, -0.05) is 54.6 Å². The van der Waals surface area contributed by atoms with Gasteiger partial charge in [-0.15, -0.1) is 0 Å². The van der Waals surface area contributed by atoms with Crippen LogP contribution in [0.1, 0.15) is 31.1 Å². The standard InChI is InChI=1S/C25H24N4O/c1-3-28-21-16-10-8-14-19(21)26-23(28)25(30,18-12-6-5-7-13-18)24-27-20-15-9-11-17-22(20)29(24)4-2/h5-17,30H,3-4H2,1-2H3. The first-order valence-corrected chi connectivity index (χ1v) is 10.4. The zero-order chi connectivity index (χ0) is 20.7. The molecule has 0 aliphatic heterocycles. The summed E-state index contributed by atoms with van der Waals surface area (Å²) < 4.78 is 4.17. The van der Waals surface area contributed by atoms with E-state index >= 15 is 0 Å². The number of rotatable bonds is 5. The molecule has 2 aromatic heterocycles. The van der Waals surface area contributed by atoms with Gasteiger partial charge in [-0.05, 0) is 43.7 Å². The Balaban J connectivity index is 1.90. The number of fused-ring (bicyclic) bond motifs is 2. The van der Waals surface area contributed by atoms with Gasteiger partial charge in [0.05, 0.1) is 22.1 Å². The Bertz CT molecular complexity index is 1250. The highest BCUT2D eigenvalue weighted by molar-refractivity contribution is 5.78. The molecule has 0 fully saturated rings. The molecule has 30 heavy (non-hydrogen) atoms. The summed E-state index contributed by atoms with van der Waals surface area (Å²) in [6.45, 7) is 5.53. The van der Waals surface area contributed by atoms with Crippen molar-refractivity contribution in [2.24, 2.45) is 0 Å². The Hall–Kier alpha value is -3.44. The number of imidazole rings is 2. The second-order valence-electron chi connectivity index (χ2n) is 7.41. The van der Waals surface area contributed by atoms with Crippen molar-refractivity contribution in [2.45, 2.75) is 32.5 Å². The van der Waals surface area contributed by atoms with Gasteiger partial charge in [-0.25, -0.2) is 9.97 Å². The summed E-state index contributed by atoms with van der Waals surface area (Å²) in [7, 11) is 0. The fourth-order valence-electron chi connectivity index (χ4n) is 4.38. The minimum Gasteiger partial charge on any atom is -0.371 e. The summed E-state index contributed by atoms with van der Waals surface area (Å²) in [4.78, 5) is 9.83. The normalized spacial score (nSPS) is 12.1. The number of nitrogens with zero attached hydrogens (tertiary/aromatic N) is 4. The van der Waals surface area contributed by atoms with E-state index in [-0.39, 0.29) is 0 Å².